The van der Waals surface area contributed by atoms with E-state index in [1.54, 1.807) is 0 Å². The molecule has 1 unspecified atom stereocenters. The lowest BCUT2D eigenvalue weighted by molar-refractivity contribution is 0.0307. The second-order valence-electron chi connectivity index (χ2n) is 4.47. The summed E-state index contributed by atoms with van der Waals surface area (Å²) in [5.74, 6) is -1.66. The molecule has 1 aromatic carbocycles. The number of hydrogen-bond donors (Lipinski definition) is 1. The van der Waals surface area contributed by atoms with E-state index >= 15 is 0 Å². The number of hydrogen-bond acceptors (Lipinski definition) is 1. The van der Waals surface area contributed by atoms with E-state index in [1.807, 2.05) is 13.8 Å². The molecule has 0 saturated carbocycles. The van der Waals surface area contributed by atoms with Crippen molar-refractivity contribution in [2.75, 3.05) is 0 Å². The quantitative estimate of drug-likeness (QED) is 0.819. The van der Waals surface area contributed by atoms with Crippen LogP contribution >= 0.6 is 0 Å². The highest BCUT2D eigenvalue weighted by Gasteiger charge is 2.28. The fourth-order valence-electron chi connectivity index (χ4n) is 1.82. The molecular formula is C12H16F2O. The number of halogens is 2. The lowest BCUT2D eigenvalue weighted by Crippen LogP contribution is -2.25. The Labute approximate surface area is 88.7 Å². The van der Waals surface area contributed by atoms with Crippen LogP contribution in [0, 0.1) is 17.6 Å². The third-order valence-electron chi connectivity index (χ3n) is 2.34. The Balaban J connectivity index is 3.09. The van der Waals surface area contributed by atoms with E-state index in [9.17, 15) is 13.9 Å². The predicted molar refractivity (Wildman–Crippen MR) is 55.4 cm³/mol. The molecule has 1 atom stereocenters. The Bertz CT molecular complexity index is 345. The molecule has 0 heterocycles. The van der Waals surface area contributed by atoms with Gasteiger partial charge >= 0.3 is 0 Å². The highest BCUT2D eigenvalue weighted by Crippen LogP contribution is 2.30. The highest BCUT2D eigenvalue weighted by atomic mass is 19.2. The molecule has 0 amide bonds. The van der Waals surface area contributed by atoms with Crippen LogP contribution in [0.3, 0.4) is 0 Å². The van der Waals surface area contributed by atoms with Crippen LogP contribution in [0.4, 0.5) is 8.78 Å². The molecule has 0 bridgehead atoms. The van der Waals surface area contributed by atoms with Crippen molar-refractivity contribution in [2.45, 2.75) is 32.8 Å². The van der Waals surface area contributed by atoms with Crippen molar-refractivity contribution in [1.82, 2.24) is 0 Å². The zero-order valence-corrected chi connectivity index (χ0v) is 9.22. The molecule has 1 N–H and O–H groups in total. The molecule has 0 fully saturated rings. The van der Waals surface area contributed by atoms with E-state index in [1.165, 1.54) is 19.1 Å². The largest absolute Gasteiger partial charge is 0.385 e. The summed E-state index contributed by atoms with van der Waals surface area (Å²) in [6, 6.07) is 3.87. The summed E-state index contributed by atoms with van der Waals surface area (Å²) < 4.78 is 26.4. The zero-order chi connectivity index (χ0) is 11.6. The minimum atomic E-state index is -1.32. The Morgan fingerprint density at radius 1 is 1.33 bits per heavy atom. The van der Waals surface area contributed by atoms with E-state index in [0.29, 0.717) is 6.42 Å². The average Bonchev–Trinajstić information content (AvgIpc) is 2.07. The lowest BCUT2D eigenvalue weighted by atomic mass is 9.87. The molecule has 15 heavy (non-hydrogen) atoms. The minimum Gasteiger partial charge on any atom is -0.385 e. The molecular weight excluding hydrogens is 198 g/mol. The predicted octanol–water partition coefficient (Wildman–Crippen LogP) is 3.22. The Hall–Kier alpha value is -0.960. The van der Waals surface area contributed by atoms with Crippen molar-refractivity contribution in [3.63, 3.8) is 0 Å². The van der Waals surface area contributed by atoms with E-state index in [-0.39, 0.29) is 11.5 Å². The van der Waals surface area contributed by atoms with Crippen molar-refractivity contribution in [3.05, 3.63) is 35.4 Å². The second kappa shape index (κ2) is 4.27. The SMILES string of the molecule is CC(C)CC(C)(O)c1cccc(F)c1F. The van der Waals surface area contributed by atoms with Gasteiger partial charge in [-0.05, 0) is 25.3 Å². The Kier molecular flexibility index (Phi) is 3.45. The van der Waals surface area contributed by atoms with Crippen molar-refractivity contribution in [2.24, 2.45) is 5.92 Å². The van der Waals surface area contributed by atoms with Gasteiger partial charge in [0.05, 0.1) is 5.60 Å². The van der Waals surface area contributed by atoms with Crippen molar-refractivity contribution in [3.8, 4) is 0 Å². The molecule has 0 aliphatic carbocycles. The van der Waals surface area contributed by atoms with E-state index < -0.39 is 17.2 Å². The van der Waals surface area contributed by atoms with E-state index in [2.05, 4.69) is 0 Å². The summed E-state index contributed by atoms with van der Waals surface area (Å²) in [6.45, 7) is 5.35. The van der Waals surface area contributed by atoms with Crippen LogP contribution in [0.2, 0.25) is 0 Å². The Morgan fingerprint density at radius 2 is 1.93 bits per heavy atom. The molecule has 1 aromatic rings. The normalized spacial score (nSPS) is 15.4. The van der Waals surface area contributed by atoms with Crippen LogP contribution in [0.5, 0.6) is 0 Å². The third-order valence-corrected chi connectivity index (χ3v) is 2.34. The van der Waals surface area contributed by atoms with Crippen LogP contribution in [-0.4, -0.2) is 5.11 Å². The fraction of sp³-hybridized carbons (Fsp3) is 0.500. The monoisotopic (exact) mass is 214 g/mol. The maximum Gasteiger partial charge on any atom is 0.164 e. The van der Waals surface area contributed by atoms with Crippen LogP contribution in [-0.2, 0) is 5.60 Å². The van der Waals surface area contributed by atoms with Gasteiger partial charge in [-0.3, -0.25) is 0 Å². The van der Waals surface area contributed by atoms with Gasteiger partial charge in [-0.1, -0.05) is 26.0 Å². The first-order valence-electron chi connectivity index (χ1n) is 5.01. The van der Waals surface area contributed by atoms with Crippen LogP contribution in [0.25, 0.3) is 0 Å². The second-order valence-corrected chi connectivity index (χ2v) is 4.47. The van der Waals surface area contributed by atoms with Crippen LogP contribution in [0.15, 0.2) is 18.2 Å². The molecule has 0 aliphatic rings. The summed E-state index contributed by atoms with van der Waals surface area (Å²) in [5, 5.41) is 10.1. The molecule has 1 rings (SSSR count). The van der Waals surface area contributed by atoms with Gasteiger partial charge < -0.3 is 5.11 Å². The molecule has 84 valence electrons. The smallest absolute Gasteiger partial charge is 0.164 e. The molecule has 0 aliphatic heterocycles. The number of rotatable bonds is 3. The topological polar surface area (TPSA) is 20.2 Å². The molecule has 0 aromatic heterocycles. The zero-order valence-electron chi connectivity index (χ0n) is 9.22. The third kappa shape index (κ3) is 2.75. The van der Waals surface area contributed by atoms with Gasteiger partial charge in [0.15, 0.2) is 11.6 Å². The van der Waals surface area contributed by atoms with Gasteiger partial charge in [-0.15, -0.1) is 0 Å². The van der Waals surface area contributed by atoms with Crippen LogP contribution in [0.1, 0.15) is 32.8 Å². The molecule has 3 heteroatoms. The van der Waals surface area contributed by atoms with Crippen molar-refractivity contribution >= 4 is 0 Å². The standard InChI is InChI=1S/C12H16F2O/c1-8(2)7-12(3,15)9-5-4-6-10(13)11(9)14/h4-6,8,15H,7H2,1-3H3. The van der Waals surface area contributed by atoms with Crippen molar-refractivity contribution < 1.29 is 13.9 Å². The summed E-state index contributed by atoms with van der Waals surface area (Å²) >= 11 is 0. The molecule has 0 radical (unpaired) electrons. The maximum absolute atomic E-state index is 13.4. The Morgan fingerprint density at radius 3 is 2.47 bits per heavy atom. The summed E-state index contributed by atoms with van der Waals surface area (Å²) in [5.41, 5.74) is -1.29. The lowest BCUT2D eigenvalue weighted by Gasteiger charge is -2.26. The summed E-state index contributed by atoms with van der Waals surface area (Å²) in [4.78, 5) is 0. The number of benzene rings is 1. The minimum absolute atomic E-state index is 0.0243. The van der Waals surface area contributed by atoms with Gasteiger partial charge in [-0.2, -0.15) is 0 Å². The fourth-order valence-corrected chi connectivity index (χ4v) is 1.82. The maximum atomic E-state index is 13.4. The summed E-state index contributed by atoms with van der Waals surface area (Å²) in [7, 11) is 0. The van der Waals surface area contributed by atoms with Crippen molar-refractivity contribution in [1.29, 1.82) is 0 Å². The van der Waals surface area contributed by atoms with E-state index in [0.717, 1.165) is 6.07 Å². The first-order valence-corrected chi connectivity index (χ1v) is 5.01. The van der Waals surface area contributed by atoms with Gasteiger partial charge in [-0.25, -0.2) is 8.78 Å². The van der Waals surface area contributed by atoms with Gasteiger partial charge in [0.1, 0.15) is 0 Å². The molecule has 0 spiro atoms. The summed E-state index contributed by atoms with van der Waals surface area (Å²) in [6.07, 6.45) is 0.396. The van der Waals surface area contributed by atoms with Crippen LogP contribution < -0.4 is 0 Å². The first kappa shape index (κ1) is 12.1. The molecule has 1 nitrogen and oxygen atoms in total. The average molecular weight is 214 g/mol. The first-order chi connectivity index (χ1) is 6.84. The van der Waals surface area contributed by atoms with Gasteiger partial charge in [0, 0.05) is 5.56 Å². The van der Waals surface area contributed by atoms with Gasteiger partial charge in [0.2, 0.25) is 0 Å². The van der Waals surface area contributed by atoms with E-state index in [4.69, 9.17) is 0 Å². The highest BCUT2D eigenvalue weighted by molar-refractivity contribution is 5.24. The molecule has 0 saturated heterocycles. The van der Waals surface area contributed by atoms with Gasteiger partial charge in [0.25, 0.3) is 0 Å². The number of aliphatic hydroxyl groups is 1.